The average Bonchev–Trinajstić information content (AvgIpc) is 3.36. The molecule has 1 amide bonds. The molecule has 1 saturated heterocycles. The Bertz CT molecular complexity index is 1220. The molecule has 4 rings (SSSR count). The van der Waals surface area contributed by atoms with Crippen molar-refractivity contribution in [3.05, 3.63) is 64.2 Å². The van der Waals surface area contributed by atoms with E-state index in [1.54, 1.807) is 6.07 Å². The molecule has 0 spiro atoms. The van der Waals surface area contributed by atoms with Crippen LogP contribution in [0.2, 0.25) is 0 Å². The molecule has 170 valence electrons. The van der Waals surface area contributed by atoms with Crippen molar-refractivity contribution < 1.29 is 24.0 Å². The fourth-order valence-electron chi connectivity index (χ4n) is 3.72. The molecular formula is C23H22N4O6. The maximum Gasteiger partial charge on any atom is 0.342 e. The van der Waals surface area contributed by atoms with Gasteiger partial charge in [0.2, 0.25) is 0 Å². The Labute approximate surface area is 189 Å². The first-order valence-electron chi connectivity index (χ1n) is 10.4. The van der Waals surface area contributed by atoms with Gasteiger partial charge in [-0.15, -0.1) is 0 Å². The molecule has 0 aliphatic carbocycles. The zero-order valence-corrected chi connectivity index (χ0v) is 17.9. The molecule has 0 atom stereocenters. The van der Waals surface area contributed by atoms with Crippen molar-refractivity contribution >= 4 is 40.0 Å². The van der Waals surface area contributed by atoms with Gasteiger partial charge in [-0.05, 0) is 37.1 Å². The minimum absolute atomic E-state index is 0.0213. The van der Waals surface area contributed by atoms with Crippen molar-refractivity contribution in [3.8, 4) is 5.75 Å². The SMILES string of the molecule is COc1ccc(NC(=O)COC(=O)c2cc3ccccc3nc2N2CCCC2)c([N+](=O)[O-])c1. The lowest BCUT2D eigenvalue weighted by Crippen LogP contribution is -2.25. The highest BCUT2D eigenvalue weighted by Gasteiger charge is 2.24. The van der Waals surface area contributed by atoms with Crippen LogP contribution in [0, 0.1) is 10.1 Å². The van der Waals surface area contributed by atoms with E-state index >= 15 is 0 Å². The van der Waals surface area contributed by atoms with E-state index in [1.165, 1.54) is 25.3 Å². The van der Waals surface area contributed by atoms with E-state index in [0.717, 1.165) is 36.8 Å². The van der Waals surface area contributed by atoms with Gasteiger partial charge in [0, 0.05) is 18.5 Å². The number of fused-ring (bicyclic) bond motifs is 1. The molecule has 3 aromatic rings. The van der Waals surface area contributed by atoms with Crippen molar-refractivity contribution in [1.82, 2.24) is 4.98 Å². The Morgan fingerprint density at radius 1 is 1.15 bits per heavy atom. The predicted octanol–water partition coefficient (Wildman–Crippen LogP) is 3.55. The summed E-state index contributed by atoms with van der Waals surface area (Å²) in [5.74, 6) is -0.575. The number of hydrogen-bond acceptors (Lipinski definition) is 8. The highest BCUT2D eigenvalue weighted by Crippen LogP contribution is 2.29. The summed E-state index contributed by atoms with van der Waals surface area (Å²) in [5, 5.41) is 14.5. The van der Waals surface area contributed by atoms with Crippen LogP contribution in [0.5, 0.6) is 5.75 Å². The van der Waals surface area contributed by atoms with Crippen LogP contribution in [0.1, 0.15) is 23.2 Å². The standard InChI is InChI=1S/C23H22N4O6/c1-32-16-8-9-19(20(13-16)27(30)31)24-21(28)14-33-23(29)17-12-15-6-2-3-7-18(15)25-22(17)26-10-4-5-11-26/h2-3,6-9,12-13H,4-5,10-11,14H2,1H3,(H,24,28). The van der Waals surface area contributed by atoms with E-state index in [0.29, 0.717) is 5.82 Å². The summed E-state index contributed by atoms with van der Waals surface area (Å²) in [7, 11) is 1.38. The summed E-state index contributed by atoms with van der Waals surface area (Å²) in [6.07, 6.45) is 2.01. The largest absolute Gasteiger partial charge is 0.496 e. The third-order valence-electron chi connectivity index (χ3n) is 5.34. The molecule has 1 aromatic heterocycles. The third kappa shape index (κ3) is 4.84. The number of carbonyl (C=O) groups excluding carboxylic acids is 2. The van der Waals surface area contributed by atoms with Crippen LogP contribution >= 0.6 is 0 Å². The van der Waals surface area contributed by atoms with Crippen molar-refractivity contribution in [2.45, 2.75) is 12.8 Å². The second kappa shape index (κ2) is 9.51. The number of benzene rings is 2. The number of methoxy groups -OCH3 is 1. The quantitative estimate of drug-likeness (QED) is 0.329. The normalized spacial score (nSPS) is 13.1. The number of nitro benzene ring substituents is 1. The van der Waals surface area contributed by atoms with Gasteiger partial charge in [-0.2, -0.15) is 0 Å². The second-order valence-corrected chi connectivity index (χ2v) is 7.51. The first kappa shape index (κ1) is 22.0. The zero-order valence-electron chi connectivity index (χ0n) is 17.9. The molecule has 0 saturated carbocycles. The molecule has 2 aromatic carbocycles. The number of pyridine rings is 1. The van der Waals surface area contributed by atoms with E-state index in [-0.39, 0.29) is 22.7 Å². The van der Waals surface area contributed by atoms with E-state index in [4.69, 9.17) is 9.47 Å². The summed E-state index contributed by atoms with van der Waals surface area (Å²) in [6.45, 7) is 0.967. The highest BCUT2D eigenvalue weighted by atomic mass is 16.6. The van der Waals surface area contributed by atoms with Crippen molar-refractivity contribution in [2.75, 3.05) is 37.0 Å². The molecule has 0 bridgehead atoms. The zero-order chi connectivity index (χ0) is 23.4. The predicted molar refractivity (Wildman–Crippen MR) is 122 cm³/mol. The summed E-state index contributed by atoms with van der Waals surface area (Å²) >= 11 is 0. The Morgan fingerprint density at radius 3 is 2.64 bits per heavy atom. The number of rotatable bonds is 7. The first-order chi connectivity index (χ1) is 16.0. The van der Waals surface area contributed by atoms with Gasteiger partial charge in [0.1, 0.15) is 22.8 Å². The van der Waals surface area contributed by atoms with Gasteiger partial charge in [0.15, 0.2) is 6.61 Å². The second-order valence-electron chi connectivity index (χ2n) is 7.51. The smallest absolute Gasteiger partial charge is 0.342 e. The molecule has 2 heterocycles. The maximum absolute atomic E-state index is 12.9. The Morgan fingerprint density at radius 2 is 1.91 bits per heavy atom. The lowest BCUT2D eigenvalue weighted by atomic mass is 10.1. The van der Waals surface area contributed by atoms with Crippen LogP contribution in [0.3, 0.4) is 0 Å². The van der Waals surface area contributed by atoms with Gasteiger partial charge in [-0.25, -0.2) is 9.78 Å². The number of hydrogen-bond donors (Lipinski definition) is 1. The Hall–Kier alpha value is -4.21. The number of nitrogens with one attached hydrogen (secondary N) is 1. The highest BCUT2D eigenvalue weighted by molar-refractivity contribution is 6.01. The molecule has 33 heavy (non-hydrogen) atoms. The van der Waals surface area contributed by atoms with Crippen LogP contribution in [0.25, 0.3) is 10.9 Å². The minimum Gasteiger partial charge on any atom is -0.496 e. The van der Waals surface area contributed by atoms with Crippen LogP contribution < -0.4 is 15.0 Å². The van der Waals surface area contributed by atoms with E-state index in [2.05, 4.69) is 10.3 Å². The molecular weight excluding hydrogens is 428 g/mol. The maximum atomic E-state index is 12.9. The number of nitrogens with zero attached hydrogens (tertiary/aromatic N) is 3. The van der Waals surface area contributed by atoms with Crippen molar-refractivity contribution in [3.63, 3.8) is 0 Å². The number of nitro groups is 1. The molecule has 1 fully saturated rings. The number of anilines is 2. The number of amides is 1. The van der Waals surface area contributed by atoms with Gasteiger partial charge in [0.25, 0.3) is 11.6 Å². The van der Waals surface area contributed by atoms with Crippen LogP contribution in [0.15, 0.2) is 48.5 Å². The van der Waals surface area contributed by atoms with E-state index in [1.807, 2.05) is 29.2 Å². The number of aromatic nitrogens is 1. The molecule has 1 aliphatic heterocycles. The number of ether oxygens (including phenoxy) is 2. The van der Waals surface area contributed by atoms with Gasteiger partial charge in [-0.1, -0.05) is 18.2 Å². The Kier molecular flexibility index (Phi) is 6.34. The fourth-order valence-corrected chi connectivity index (χ4v) is 3.72. The monoisotopic (exact) mass is 450 g/mol. The molecule has 0 radical (unpaired) electrons. The third-order valence-corrected chi connectivity index (χ3v) is 5.34. The molecule has 10 nitrogen and oxygen atoms in total. The minimum atomic E-state index is -0.701. The van der Waals surface area contributed by atoms with Crippen molar-refractivity contribution in [1.29, 1.82) is 0 Å². The summed E-state index contributed by atoms with van der Waals surface area (Å²) in [6, 6.07) is 13.2. The van der Waals surface area contributed by atoms with Gasteiger partial charge < -0.3 is 19.7 Å². The Balaban J connectivity index is 1.50. The topological polar surface area (TPSA) is 124 Å². The molecule has 10 heteroatoms. The fraction of sp³-hybridized carbons (Fsp3) is 0.261. The lowest BCUT2D eigenvalue weighted by Gasteiger charge is -2.20. The number of carbonyl (C=O) groups is 2. The van der Waals surface area contributed by atoms with E-state index < -0.39 is 23.4 Å². The first-order valence-corrected chi connectivity index (χ1v) is 10.4. The van der Waals surface area contributed by atoms with Crippen LogP contribution in [-0.4, -0.2) is 48.6 Å². The molecule has 0 unspecified atom stereocenters. The van der Waals surface area contributed by atoms with Gasteiger partial charge >= 0.3 is 5.97 Å². The molecule has 1 N–H and O–H groups in total. The van der Waals surface area contributed by atoms with Gasteiger partial charge in [0.05, 0.1) is 23.6 Å². The van der Waals surface area contributed by atoms with Gasteiger partial charge in [-0.3, -0.25) is 14.9 Å². The van der Waals surface area contributed by atoms with E-state index in [9.17, 15) is 19.7 Å². The number of para-hydroxylation sites is 1. The number of esters is 1. The summed E-state index contributed by atoms with van der Waals surface area (Å²) in [4.78, 5) is 42.6. The molecule has 1 aliphatic rings. The summed E-state index contributed by atoms with van der Waals surface area (Å²) in [5.41, 5.74) is 0.690. The average molecular weight is 450 g/mol. The lowest BCUT2D eigenvalue weighted by molar-refractivity contribution is -0.384. The van der Waals surface area contributed by atoms with Crippen LogP contribution in [-0.2, 0) is 9.53 Å². The van der Waals surface area contributed by atoms with Crippen molar-refractivity contribution in [2.24, 2.45) is 0 Å². The van der Waals surface area contributed by atoms with Crippen LogP contribution in [0.4, 0.5) is 17.2 Å². The summed E-state index contributed by atoms with van der Waals surface area (Å²) < 4.78 is 10.2.